The first kappa shape index (κ1) is 27.9. The number of hydrogen-bond acceptors (Lipinski definition) is 6. The number of fused-ring (bicyclic) bond motifs is 1. The maximum atomic E-state index is 12.0. The predicted octanol–water partition coefficient (Wildman–Crippen LogP) is 3.09. The van der Waals surface area contributed by atoms with Gasteiger partial charge in [0.15, 0.2) is 0 Å². The maximum Gasteiger partial charge on any atom is 0.327 e. The van der Waals surface area contributed by atoms with Crippen LogP contribution < -0.4 is 5.32 Å². The van der Waals surface area contributed by atoms with E-state index in [9.17, 15) is 30.0 Å². The Balaban J connectivity index is 2.42. The van der Waals surface area contributed by atoms with Gasteiger partial charge in [0.05, 0.1) is 6.10 Å². The van der Waals surface area contributed by atoms with Crippen LogP contribution >= 0.6 is 11.8 Å². The van der Waals surface area contributed by atoms with Gasteiger partial charge < -0.3 is 25.7 Å². The highest BCUT2D eigenvalue weighted by molar-refractivity contribution is 7.99. The Bertz CT molecular complexity index is 783. The molecule has 5 N–H and O–H groups in total. The molecule has 0 spiro atoms. The highest BCUT2D eigenvalue weighted by atomic mass is 32.2. The molecular weight excluding hydrogens is 442 g/mol. The molecule has 0 aromatic carbocycles. The summed E-state index contributed by atoms with van der Waals surface area (Å²) in [5.74, 6) is -2.12. The summed E-state index contributed by atoms with van der Waals surface area (Å²) in [6, 6.07) is -1.20. The average molecular weight is 484 g/mol. The van der Waals surface area contributed by atoms with E-state index in [0.717, 1.165) is 36.6 Å². The SMILES string of the molecule is C=CC(C)=CCC1C2(C)CCCC(C)(C)C2CC(O)C1(O)C(O)SCC(NC(C)=O)C(=O)O. The Morgan fingerprint density at radius 1 is 1.24 bits per heavy atom. The zero-order valence-corrected chi connectivity index (χ0v) is 21.3. The molecule has 0 bridgehead atoms. The number of rotatable bonds is 9. The van der Waals surface area contributed by atoms with Gasteiger partial charge in [0, 0.05) is 18.6 Å². The molecule has 2 aliphatic rings. The number of aliphatic hydroxyl groups is 3. The number of aliphatic carboxylic acids is 1. The van der Waals surface area contributed by atoms with Crippen LogP contribution in [0.5, 0.6) is 0 Å². The van der Waals surface area contributed by atoms with E-state index < -0.39 is 41.0 Å². The summed E-state index contributed by atoms with van der Waals surface area (Å²) in [6.07, 6.45) is 6.30. The number of hydrogen-bond donors (Lipinski definition) is 5. The van der Waals surface area contributed by atoms with Crippen molar-refractivity contribution in [3.05, 3.63) is 24.3 Å². The molecule has 0 aromatic heterocycles. The van der Waals surface area contributed by atoms with Gasteiger partial charge in [-0.15, -0.1) is 11.8 Å². The molecular formula is C25H41NO6S. The summed E-state index contributed by atoms with van der Waals surface area (Å²) < 4.78 is 0. The molecule has 2 aliphatic carbocycles. The van der Waals surface area contributed by atoms with Crippen LogP contribution in [0.2, 0.25) is 0 Å². The number of carbonyl (C=O) groups excluding carboxylic acids is 1. The van der Waals surface area contributed by atoms with Gasteiger partial charge in [-0.1, -0.05) is 51.5 Å². The molecule has 7 unspecified atom stereocenters. The van der Waals surface area contributed by atoms with Gasteiger partial charge in [0.25, 0.3) is 0 Å². The number of carbonyl (C=O) groups is 2. The van der Waals surface area contributed by atoms with Crippen molar-refractivity contribution < 1.29 is 30.0 Å². The lowest BCUT2D eigenvalue weighted by atomic mass is 9.44. The van der Waals surface area contributed by atoms with Crippen molar-refractivity contribution in [2.45, 2.75) is 89.9 Å². The van der Waals surface area contributed by atoms with Crippen molar-refractivity contribution in [3.8, 4) is 0 Å². The lowest BCUT2D eigenvalue weighted by Gasteiger charge is -2.63. The van der Waals surface area contributed by atoms with Gasteiger partial charge in [0.1, 0.15) is 17.1 Å². The minimum atomic E-state index is -1.83. The second-order valence-electron chi connectivity index (χ2n) is 10.8. The monoisotopic (exact) mass is 483 g/mol. The minimum absolute atomic E-state index is 0.0112. The van der Waals surface area contributed by atoms with E-state index in [1.165, 1.54) is 6.92 Å². The number of thioether (sulfide) groups is 1. The summed E-state index contributed by atoms with van der Waals surface area (Å²) in [6.45, 7) is 13.5. The molecule has 0 saturated heterocycles. The number of aliphatic hydroxyl groups excluding tert-OH is 2. The van der Waals surface area contributed by atoms with Crippen molar-refractivity contribution in [1.29, 1.82) is 0 Å². The largest absolute Gasteiger partial charge is 0.480 e. The number of carboxylic acid groups (broad SMARTS) is 1. The van der Waals surface area contributed by atoms with Crippen LogP contribution in [0.4, 0.5) is 0 Å². The molecule has 0 aromatic rings. The smallest absolute Gasteiger partial charge is 0.327 e. The molecule has 8 heteroatoms. The molecule has 188 valence electrons. The first-order valence-electron chi connectivity index (χ1n) is 11.7. The zero-order chi connectivity index (χ0) is 25.2. The molecule has 33 heavy (non-hydrogen) atoms. The summed E-state index contributed by atoms with van der Waals surface area (Å²) >= 11 is 0.855. The molecule has 2 saturated carbocycles. The fourth-order valence-electron chi connectivity index (χ4n) is 6.27. The van der Waals surface area contributed by atoms with E-state index >= 15 is 0 Å². The average Bonchev–Trinajstić information content (AvgIpc) is 2.71. The standard InChI is InChI=1S/C25H41NO6S/c1-7-15(2)9-10-18-24(6)12-8-11-23(4,5)19(24)13-20(28)25(18,32)22(31)33-14-17(21(29)30)26-16(3)27/h7,9,17-20,22,28,31-32H,1,8,10-14H2,2-6H3,(H,26,27)(H,29,30). The Morgan fingerprint density at radius 3 is 2.42 bits per heavy atom. The van der Waals surface area contributed by atoms with Crippen LogP contribution in [0.3, 0.4) is 0 Å². The summed E-state index contributed by atoms with van der Waals surface area (Å²) in [7, 11) is 0. The van der Waals surface area contributed by atoms with E-state index in [2.05, 4.69) is 32.7 Å². The van der Waals surface area contributed by atoms with Crippen LogP contribution in [-0.4, -0.2) is 61.2 Å². The van der Waals surface area contributed by atoms with Crippen molar-refractivity contribution >= 4 is 23.6 Å². The van der Waals surface area contributed by atoms with Crippen molar-refractivity contribution in [2.75, 3.05) is 5.75 Å². The lowest BCUT2D eigenvalue weighted by molar-refractivity contribution is -0.244. The van der Waals surface area contributed by atoms with Crippen LogP contribution in [-0.2, 0) is 9.59 Å². The molecule has 1 amide bonds. The molecule has 2 rings (SSSR count). The van der Waals surface area contributed by atoms with Crippen molar-refractivity contribution in [1.82, 2.24) is 5.32 Å². The van der Waals surface area contributed by atoms with Gasteiger partial charge in [-0.2, -0.15) is 0 Å². The van der Waals surface area contributed by atoms with Gasteiger partial charge in [-0.05, 0) is 49.4 Å². The van der Waals surface area contributed by atoms with Gasteiger partial charge in [-0.25, -0.2) is 4.79 Å². The topological polar surface area (TPSA) is 127 Å². The van der Waals surface area contributed by atoms with Gasteiger partial charge in [0.2, 0.25) is 5.91 Å². The van der Waals surface area contributed by atoms with Crippen LogP contribution in [0, 0.1) is 22.7 Å². The fraction of sp³-hybridized carbons (Fsp3) is 0.760. The molecule has 0 aliphatic heterocycles. The van der Waals surface area contributed by atoms with Crippen LogP contribution in [0.15, 0.2) is 24.3 Å². The molecule has 7 atom stereocenters. The minimum Gasteiger partial charge on any atom is -0.480 e. The quantitative estimate of drug-likeness (QED) is 0.252. The van der Waals surface area contributed by atoms with Crippen LogP contribution in [0.25, 0.3) is 0 Å². The second-order valence-corrected chi connectivity index (χ2v) is 11.9. The molecule has 7 nitrogen and oxygen atoms in total. The highest BCUT2D eigenvalue weighted by Gasteiger charge is 2.64. The first-order chi connectivity index (χ1) is 15.2. The third-order valence-electron chi connectivity index (χ3n) is 8.11. The lowest BCUT2D eigenvalue weighted by Crippen LogP contribution is -2.68. The Labute approximate surface area is 201 Å². The fourth-order valence-corrected chi connectivity index (χ4v) is 7.46. The van der Waals surface area contributed by atoms with E-state index in [1.807, 2.05) is 13.0 Å². The molecule has 0 radical (unpaired) electrons. The third kappa shape index (κ3) is 5.66. The number of carboxylic acids is 1. The van der Waals surface area contributed by atoms with Gasteiger partial charge in [-0.3, -0.25) is 4.79 Å². The van der Waals surface area contributed by atoms with E-state index in [-0.39, 0.29) is 22.5 Å². The second kappa shape index (κ2) is 10.5. The highest BCUT2D eigenvalue weighted by Crippen LogP contribution is 2.64. The first-order valence-corrected chi connectivity index (χ1v) is 12.7. The number of amides is 1. The van der Waals surface area contributed by atoms with Gasteiger partial charge >= 0.3 is 5.97 Å². The van der Waals surface area contributed by atoms with E-state index in [4.69, 9.17) is 0 Å². The zero-order valence-electron chi connectivity index (χ0n) is 20.5. The molecule has 0 heterocycles. The molecule has 2 fully saturated rings. The Morgan fingerprint density at radius 2 is 1.88 bits per heavy atom. The van der Waals surface area contributed by atoms with Crippen molar-refractivity contribution in [2.24, 2.45) is 22.7 Å². The summed E-state index contributed by atoms with van der Waals surface area (Å²) in [5.41, 5.74) is -2.64. The maximum absolute atomic E-state index is 12.0. The number of allylic oxidation sites excluding steroid dienone is 3. The predicted molar refractivity (Wildman–Crippen MR) is 131 cm³/mol. The summed E-state index contributed by atoms with van der Waals surface area (Å²) in [4.78, 5) is 22.9. The number of nitrogens with one attached hydrogen (secondary N) is 1. The van der Waals surface area contributed by atoms with Crippen LogP contribution in [0.1, 0.15) is 66.7 Å². The van der Waals surface area contributed by atoms with E-state index in [0.29, 0.717) is 12.8 Å². The summed E-state index contributed by atoms with van der Waals surface area (Å²) in [5, 5.41) is 46.1. The Kier molecular flexibility index (Phi) is 8.88. The normalized spacial score (nSPS) is 35.8. The van der Waals surface area contributed by atoms with Crippen molar-refractivity contribution in [3.63, 3.8) is 0 Å². The Hall–Kier alpha value is -1.35. The third-order valence-corrected chi connectivity index (χ3v) is 9.33. The van der Waals surface area contributed by atoms with E-state index in [1.54, 1.807) is 6.08 Å².